The quantitative estimate of drug-likeness (QED) is 0.195. The summed E-state index contributed by atoms with van der Waals surface area (Å²) in [6, 6.07) is 0. The van der Waals surface area contributed by atoms with Crippen LogP contribution in [0.2, 0.25) is 0 Å². The molecule has 0 saturated heterocycles. The van der Waals surface area contributed by atoms with Crippen LogP contribution >= 0.6 is 41.7 Å². The monoisotopic (exact) mass is 475 g/mol. The molecule has 152 valence electrons. The van der Waals surface area contributed by atoms with Crippen molar-refractivity contribution in [3.8, 4) is 0 Å². The van der Waals surface area contributed by atoms with E-state index in [0.29, 0.717) is 0 Å². The van der Waals surface area contributed by atoms with Crippen LogP contribution in [0.15, 0.2) is 0 Å². The first-order valence-corrected chi connectivity index (χ1v) is 8.67. The Labute approximate surface area is 140 Å². The Bertz CT molecular complexity index is 308. The van der Waals surface area contributed by atoms with E-state index in [1.54, 1.807) is 0 Å². The highest BCUT2D eigenvalue weighted by Gasteiger charge is 1.81. The minimum Gasteiger partial charge on any atom is -0.822 e. The number of phosphoric acid groups is 1. The van der Waals surface area contributed by atoms with Gasteiger partial charge < -0.3 is 50.1 Å². The van der Waals surface area contributed by atoms with Gasteiger partial charge in [0.05, 0.1) is 0 Å². The van der Waals surface area contributed by atoms with E-state index in [1.165, 1.54) is 0 Å². The molecule has 2 unspecified atom stereocenters. The predicted octanol–water partition coefficient (Wildman–Crippen LogP) is -7.40. The topological polar surface area (TPSA) is 348 Å². The Morgan fingerprint density at radius 1 is 0.720 bits per heavy atom. The van der Waals surface area contributed by atoms with Crippen molar-refractivity contribution in [2.75, 3.05) is 0 Å². The van der Waals surface area contributed by atoms with Crippen LogP contribution in [0.25, 0.3) is 0 Å². The fourth-order valence-corrected chi connectivity index (χ4v) is 0.0745. The zero-order chi connectivity index (χ0) is 21.3. The highest BCUT2D eigenvalue weighted by atomic mass is 31.2. The van der Waals surface area contributed by atoms with Crippen LogP contribution in [-0.2, 0) is 51.6 Å². The van der Waals surface area contributed by atoms with E-state index in [4.69, 9.17) is 68.3 Å². The molecule has 25 heteroatoms. The fraction of sp³-hybridized carbons (Fsp3) is 0. The molecule has 20 nitrogen and oxygen atoms in total. The maximum Gasteiger partial charge on any atom is 0.479 e. The van der Waals surface area contributed by atoms with Crippen molar-refractivity contribution < 1.29 is 97.1 Å². The molecule has 0 aromatic heterocycles. The molecule has 0 N–H and O–H groups in total. The predicted molar refractivity (Wildman–Crippen MR) is 44.5 cm³/mol. The maximum atomic E-state index is 8.95. The molecule has 0 bridgehead atoms. The molecule has 0 heterocycles. The van der Waals surface area contributed by atoms with Crippen LogP contribution in [0.5, 0.6) is 0 Å². The van der Waals surface area contributed by atoms with Crippen molar-refractivity contribution in [3.63, 3.8) is 0 Å². The summed E-state index contributed by atoms with van der Waals surface area (Å²) in [5.74, 6) is 0. The molecule has 0 aliphatic heterocycles. The molecule has 0 aromatic rings. The second kappa shape index (κ2) is 31.8. The summed E-state index contributed by atoms with van der Waals surface area (Å²) in [6.07, 6.45) is 0. The average Bonchev–Trinajstić information content (AvgIpc) is 2.49. The summed E-state index contributed by atoms with van der Waals surface area (Å²) in [4.78, 5) is 43.4. The zero-order valence-corrected chi connectivity index (χ0v) is 14.9. The lowest BCUT2D eigenvalue weighted by Crippen LogP contribution is -2.24. The summed E-state index contributed by atoms with van der Waals surface area (Å²) in [6.45, 7) is 0. The van der Waals surface area contributed by atoms with Crippen molar-refractivity contribution in [3.05, 3.63) is 0 Å². The molecule has 0 radical (unpaired) electrons. The summed E-state index contributed by atoms with van der Waals surface area (Å²) >= 11 is 0. The Balaban J connectivity index is -0.0000000667. The van der Waals surface area contributed by atoms with Crippen molar-refractivity contribution in [1.29, 1.82) is 0 Å². The highest BCUT2D eigenvalue weighted by Crippen LogP contribution is 2.03. The molecule has 0 spiro atoms. The second-order valence-electron chi connectivity index (χ2n) is 1.48. The van der Waals surface area contributed by atoms with E-state index >= 15 is 0 Å². The van der Waals surface area contributed by atoms with Crippen molar-refractivity contribution in [2.45, 2.75) is 0 Å². The maximum absolute atomic E-state index is 8.95. The second-order valence-corrected chi connectivity index (χ2v) is 4.16. The molecule has 0 amide bonds. The average molecular weight is 475 g/mol. The Morgan fingerprint density at radius 3 is 0.880 bits per heavy atom. The molecule has 25 heavy (non-hydrogen) atoms. The van der Waals surface area contributed by atoms with E-state index in [1.807, 2.05) is 0 Å². The SMILES string of the molecule is O=P([O-])([O-])[O-].O=POO[O-].O=POO[O-].O=[P+]([O-])O[O-].O=[P+]([O-])O[O-]. The molecule has 0 aromatic carbocycles. The molecular weight excluding hydrogens is 475 g/mol. The zero-order valence-electron chi connectivity index (χ0n) is 10.4. The van der Waals surface area contributed by atoms with Crippen LogP contribution < -0.4 is 45.5 Å². The van der Waals surface area contributed by atoms with Crippen LogP contribution in [0, 0.1) is 0 Å². The van der Waals surface area contributed by atoms with Gasteiger partial charge in [-0.15, -0.1) is 9.35 Å². The standard InChI is InChI=1S/H3O4P.4HO4P/c1-5(2,3)4;2*1-4-5(2)3;2*1-3-4-5-2/h(H3,1,2,3,4);4*1H/p-7. The molecule has 0 saturated carbocycles. The van der Waals surface area contributed by atoms with Crippen molar-refractivity contribution in [2.24, 2.45) is 0 Å². The smallest absolute Gasteiger partial charge is 0.479 e. The minimum atomic E-state index is -5.39. The van der Waals surface area contributed by atoms with Gasteiger partial charge in [-0.1, -0.05) is 0 Å². The van der Waals surface area contributed by atoms with Crippen molar-refractivity contribution >= 4 is 41.7 Å². The first-order valence-electron chi connectivity index (χ1n) is 3.56. The molecule has 0 aliphatic carbocycles. The van der Waals surface area contributed by atoms with Crippen LogP contribution in [-0.4, -0.2) is 0 Å². The van der Waals surface area contributed by atoms with E-state index in [0.717, 1.165) is 0 Å². The molecule has 2 atom stereocenters. The Kier molecular flexibility index (Phi) is 45.8. The third kappa shape index (κ3) is 181. The van der Waals surface area contributed by atoms with Gasteiger partial charge in [0.25, 0.3) is 0 Å². The molecule has 0 aliphatic rings. The van der Waals surface area contributed by atoms with Gasteiger partial charge in [0, 0.05) is 0 Å². The first kappa shape index (κ1) is 36.0. The third-order valence-corrected chi connectivity index (χ3v) is 0.730. The van der Waals surface area contributed by atoms with Gasteiger partial charge in [0.1, 0.15) is 0 Å². The van der Waals surface area contributed by atoms with E-state index in [2.05, 4.69) is 28.8 Å². The van der Waals surface area contributed by atoms with Gasteiger partial charge in [0.15, 0.2) is 0 Å². The van der Waals surface area contributed by atoms with Crippen LogP contribution in [0.1, 0.15) is 0 Å². The molecule has 0 rings (SSSR count). The van der Waals surface area contributed by atoms with Crippen LogP contribution in [0.3, 0.4) is 0 Å². The van der Waals surface area contributed by atoms with Gasteiger partial charge in [-0.25, -0.2) is 18.5 Å². The lowest BCUT2D eigenvalue weighted by Gasteiger charge is -2.36. The van der Waals surface area contributed by atoms with Gasteiger partial charge in [-0.2, -0.15) is 7.82 Å². The lowest BCUT2D eigenvalue weighted by atomic mass is 14.6. The van der Waals surface area contributed by atoms with Gasteiger partial charge in [-0.3, -0.25) is 10.1 Å². The molecule has 0 fully saturated rings. The summed E-state index contributed by atoms with van der Waals surface area (Å²) in [7, 11) is -13.2. The third-order valence-electron chi connectivity index (χ3n) is 0.243. The van der Waals surface area contributed by atoms with Crippen LogP contribution in [0.4, 0.5) is 0 Å². The first-order chi connectivity index (χ1) is 11.4. The summed E-state index contributed by atoms with van der Waals surface area (Å²) < 4.78 is 55.5. The Hall–Kier alpha value is 0.0300. The largest absolute Gasteiger partial charge is 0.822 e. The Morgan fingerprint density at radius 2 is 0.880 bits per heavy atom. The minimum absolute atomic E-state index is 0.755. The van der Waals surface area contributed by atoms with Gasteiger partial charge >= 0.3 is 33.9 Å². The summed E-state index contributed by atoms with van der Waals surface area (Å²) in [5.41, 5.74) is 0. The van der Waals surface area contributed by atoms with E-state index in [9.17, 15) is 0 Å². The molecular formula is O20P5-7. The summed E-state index contributed by atoms with van der Waals surface area (Å²) in [5, 5.41) is 39.5. The van der Waals surface area contributed by atoms with Crippen molar-refractivity contribution in [1.82, 2.24) is 0 Å². The normalized spacial score (nSPS) is 10.4. The van der Waals surface area contributed by atoms with E-state index < -0.39 is 41.7 Å². The fourth-order valence-electron chi connectivity index (χ4n) is 0.0248. The lowest BCUT2D eigenvalue weighted by molar-refractivity contribution is -0.778. The number of hydrogen-bond donors (Lipinski definition) is 0. The van der Waals surface area contributed by atoms with E-state index in [-0.39, 0.29) is 0 Å². The highest BCUT2D eigenvalue weighted by molar-refractivity contribution is 7.40. The number of rotatable bonds is 6. The van der Waals surface area contributed by atoms with Gasteiger partial charge in [0.2, 0.25) is 0 Å². The number of hydrogen-bond acceptors (Lipinski definition) is 20. The van der Waals surface area contributed by atoms with Gasteiger partial charge in [-0.05, 0) is 9.13 Å².